The number of carbonyl (C=O) groups excluding carboxylic acids is 1. The van der Waals surface area contributed by atoms with Gasteiger partial charge in [0.2, 0.25) is 5.91 Å². The molecule has 1 saturated heterocycles. The number of amides is 1. The first-order chi connectivity index (χ1) is 10.6. The highest BCUT2D eigenvalue weighted by molar-refractivity contribution is 5.88. The van der Waals surface area contributed by atoms with Crippen molar-refractivity contribution in [1.82, 2.24) is 5.32 Å². The maximum absolute atomic E-state index is 12.3. The van der Waals surface area contributed by atoms with Crippen LogP contribution in [0.2, 0.25) is 0 Å². The van der Waals surface area contributed by atoms with E-state index < -0.39 is 0 Å². The van der Waals surface area contributed by atoms with Crippen LogP contribution in [0.15, 0.2) is 11.6 Å². The van der Waals surface area contributed by atoms with E-state index in [1.54, 1.807) is 0 Å². The Labute approximate surface area is 133 Å². The quantitative estimate of drug-likeness (QED) is 0.808. The highest BCUT2D eigenvalue weighted by atomic mass is 16.5. The van der Waals surface area contributed by atoms with E-state index in [-0.39, 0.29) is 12.0 Å². The molecule has 1 amide bonds. The van der Waals surface area contributed by atoms with Crippen LogP contribution in [0.5, 0.6) is 0 Å². The summed E-state index contributed by atoms with van der Waals surface area (Å²) in [5.74, 6) is 2.89. The minimum absolute atomic E-state index is 0.0868. The van der Waals surface area contributed by atoms with E-state index in [1.165, 1.54) is 44.1 Å². The average Bonchev–Trinajstić information content (AvgIpc) is 2.97. The minimum atomic E-state index is 0.0868. The molecule has 0 aromatic rings. The zero-order valence-electron chi connectivity index (χ0n) is 13.8. The summed E-state index contributed by atoms with van der Waals surface area (Å²) in [6.07, 6.45) is 12.7. The number of hydrogen-bond acceptors (Lipinski definition) is 2. The smallest absolute Gasteiger partial charge is 0.244 e. The van der Waals surface area contributed by atoms with Crippen molar-refractivity contribution in [2.75, 3.05) is 13.2 Å². The predicted octanol–water partition coefficient (Wildman–Crippen LogP) is 3.44. The Morgan fingerprint density at radius 2 is 1.82 bits per heavy atom. The summed E-state index contributed by atoms with van der Waals surface area (Å²) in [6, 6.07) is 0. The van der Waals surface area contributed by atoms with Gasteiger partial charge in [-0.3, -0.25) is 4.79 Å². The normalized spacial score (nSPS) is 43.6. The number of nitrogens with one attached hydrogen (secondary N) is 1. The van der Waals surface area contributed by atoms with Gasteiger partial charge in [-0.15, -0.1) is 0 Å². The molecule has 0 aromatic carbocycles. The van der Waals surface area contributed by atoms with Crippen LogP contribution in [0.25, 0.3) is 0 Å². The SMILES string of the molecule is CC(=CC(=O)NCC1CCCO1)C12CC3CC(CC(C3)C1)C2. The van der Waals surface area contributed by atoms with Gasteiger partial charge in [0.15, 0.2) is 0 Å². The molecule has 0 spiro atoms. The third-order valence-electron chi connectivity index (χ3n) is 6.75. The molecule has 5 rings (SSSR count). The number of hydrogen-bond donors (Lipinski definition) is 1. The first-order valence-electron chi connectivity index (χ1n) is 9.21. The fourth-order valence-electron chi connectivity index (χ4n) is 6.01. The van der Waals surface area contributed by atoms with Crippen LogP contribution < -0.4 is 5.32 Å². The van der Waals surface area contributed by atoms with Crippen molar-refractivity contribution < 1.29 is 9.53 Å². The van der Waals surface area contributed by atoms with Crippen LogP contribution in [-0.2, 0) is 9.53 Å². The highest BCUT2D eigenvalue weighted by Crippen LogP contribution is 2.62. The first kappa shape index (κ1) is 14.7. The van der Waals surface area contributed by atoms with Gasteiger partial charge in [-0.2, -0.15) is 0 Å². The average molecular weight is 303 g/mol. The van der Waals surface area contributed by atoms with Gasteiger partial charge in [0.1, 0.15) is 0 Å². The number of carbonyl (C=O) groups is 1. The van der Waals surface area contributed by atoms with E-state index in [4.69, 9.17) is 4.74 Å². The Bertz CT molecular complexity index is 441. The van der Waals surface area contributed by atoms with Crippen LogP contribution in [-0.4, -0.2) is 25.2 Å². The van der Waals surface area contributed by atoms with Crippen molar-refractivity contribution in [1.29, 1.82) is 0 Å². The fourth-order valence-corrected chi connectivity index (χ4v) is 6.01. The summed E-state index contributed by atoms with van der Waals surface area (Å²) in [5.41, 5.74) is 1.70. The molecule has 5 aliphatic rings. The van der Waals surface area contributed by atoms with Gasteiger partial charge < -0.3 is 10.1 Å². The lowest BCUT2D eigenvalue weighted by molar-refractivity contribution is -0.117. The monoisotopic (exact) mass is 303 g/mol. The zero-order chi connectivity index (χ0) is 15.2. The molecular weight excluding hydrogens is 274 g/mol. The third kappa shape index (κ3) is 2.73. The second kappa shape index (κ2) is 5.67. The zero-order valence-corrected chi connectivity index (χ0v) is 13.8. The van der Waals surface area contributed by atoms with Crippen LogP contribution in [0, 0.1) is 23.2 Å². The standard InChI is InChI=1S/C19H29NO2/c1-13(5-18(21)20-12-17-3-2-4-22-17)19-9-14-6-15(10-19)8-16(7-14)11-19/h5,14-17H,2-4,6-12H2,1H3,(H,20,21). The lowest BCUT2D eigenvalue weighted by Crippen LogP contribution is -2.46. The van der Waals surface area contributed by atoms with E-state index in [0.717, 1.165) is 37.2 Å². The molecule has 3 nitrogen and oxygen atoms in total. The molecule has 122 valence electrons. The van der Waals surface area contributed by atoms with Crippen molar-refractivity contribution in [2.45, 2.75) is 64.4 Å². The Balaban J connectivity index is 1.39. The van der Waals surface area contributed by atoms with Gasteiger partial charge >= 0.3 is 0 Å². The van der Waals surface area contributed by atoms with Gasteiger partial charge in [0, 0.05) is 19.2 Å². The summed E-state index contributed by atoms with van der Waals surface area (Å²) in [7, 11) is 0. The van der Waals surface area contributed by atoms with Crippen molar-refractivity contribution in [3.63, 3.8) is 0 Å². The van der Waals surface area contributed by atoms with E-state index in [9.17, 15) is 4.79 Å². The maximum atomic E-state index is 12.3. The molecule has 1 atom stereocenters. The molecule has 4 bridgehead atoms. The van der Waals surface area contributed by atoms with E-state index in [0.29, 0.717) is 12.0 Å². The topological polar surface area (TPSA) is 38.3 Å². The summed E-state index contributed by atoms with van der Waals surface area (Å²) < 4.78 is 5.57. The highest BCUT2D eigenvalue weighted by Gasteiger charge is 2.51. The Morgan fingerprint density at radius 3 is 2.36 bits per heavy atom. The molecule has 1 unspecified atom stereocenters. The van der Waals surface area contributed by atoms with Gasteiger partial charge in [-0.25, -0.2) is 0 Å². The Kier molecular flexibility index (Phi) is 3.80. The molecule has 0 radical (unpaired) electrons. The molecule has 1 heterocycles. The minimum Gasteiger partial charge on any atom is -0.376 e. The lowest BCUT2D eigenvalue weighted by Gasteiger charge is -2.57. The molecule has 1 N–H and O–H groups in total. The van der Waals surface area contributed by atoms with Crippen molar-refractivity contribution in [2.24, 2.45) is 23.2 Å². The fraction of sp³-hybridized carbons (Fsp3) is 0.842. The van der Waals surface area contributed by atoms with Crippen LogP contribution in [0.4, 0.5) is 0 Å². The first-order valence-corrected chi connectivity index (χ1v) is 9.21. The Hall–Kier alpha value is -0.830. The molecule has 4 saturated carbocycles. The number of allylic oxidation sites excluding steroid dienone is 1. The summed E-state index contributed by atoms with van der Waals surface area (Å²) in [5, 5.41) is 3.05. The van der Waals surface area contributed by atoms with Crippen molar-refractivity contribution in [3.05, 3.63) is 11.6 Å². The maximum Gasteiger partial charge on any atom is 0.244 e. The Morgan fingerprint density at radius 1 is 1.18 bits per heavy atom. The molecule has 4 aliphatic carbocycles. The van der Waals surface area contributed by atoms with Crippen LogP contribution >= 0.6 is 0 Å². The van der Waals surface area contributed by atoms with E-state index in [2.05, 4.69) is 12.2 Å². The van der Waals surface area contributed by atoms with Gasteiger partial charge in [0.05, 0.1) is 6.10 Å². The molecule has 5 fully saturated rings. The van der Waals surface area contributed by atoms with Gasteiger partial charge in [0.25, 0.3) is 0 Å². The van der Waals surface area contributed by atoms with Gasteiger partial charge in [-0.1, -0.05) is 5.57 Å². The lowest BCUT2D eigenvalue weighted by atomic mass is 9.48. The second-order valence-corrected chi connectivity index (χ2v) is 8.41. The van der Waals surface area contributed by atoms with Crippen LogP contribution in [0.3, 0.4) is 0 Å². The molecule has 0 aromatic heterocycles. The molecule has 1 aliphatic heterocycles. The summed E-state index contributed by atoms with van der Waals surface area (Å²) >= 11 is 0. The summed E-state index contributed by atoms with van der Waals surface area (Å²) in [6.45, 7) is 3.73. The molecular formula is C19H29NO2. The largest absolute Gasteiger partial charge is 0.376 e. The van der Waals surface area contributed by atoms with Gasteiger partial charge in [-0.05, 0) is 81.5 Å². The molecule has 3 heteroatoms. The second-order valence-electron chi connectivity index (χ2n) is 8.41. The predicted molar refractivity (Wildman–Crippen MR) is 86.3 cm³/mol. The van der Waals surface area contributed by atoms with E-state index >= 15 is 0 Å². The van der Waals surface area contributed by atoms with Crippen molar-refractivity contribution >= 4 is 5.91 Å². The third-order valence-corrected chi connectivity index (χ3v) is 6.75. The van der Waals surface area contributed by atoms with Crippen molar-refractivity contribution in [3.8, 4) is 0 Å². The van der Waals surface area contributed by atoms with E-state index in [1.807, 2.05) is 6.08 Å². The summed E-state index contributed by atoms with van der Waals surface area (Å²) in [4.78, 5) is 12.3. The number of ether oxygens (including phenoxy) is 1. The van der Waals surface area contributed by atoms with Crippen LogP contribution in [0.1, 0.15) is 58.3 Å². The number of rotatable bonds is 4. The molecule has 22 heavy (non-hydrogen) atoms.